The molecule has 1 aromatic rings. The molecule has 0 saturated heterocycles. The Labute approximate surface area is 113 Å². The van der Waals surface area contributed by atoms with Gasteiger partial charge in [-0.15, -0.1) is 0 Å². The first kappa shape index (κ1) is 11.7. The van der Waals surface area contributed by atoms with Gasteiger partial charge in [-0.3, -0.25) is 0 Å². The van der Waals surface area contributed by atoms with Crippen LogP contribution in [0.5, 0.6) is 0 Å². The number of aryl methyl sites for hydroxylation is 1. The Morgan fingerprint density at radius 1 is 1.28 bits per heavy atom. The van der Waals surface area contributed by atoms with Crippen LogP contribution in [0.4, 0.5) is 5.69 Å². The molecule has 1 fully saturated rings. The lowest BCUT2D eigenvalue weighted by Crippen LogP contribution is -2.40. The molecule has 0 radical (unpaired) electrons. The summed E-state index contributed by atoms with van der Waals surface area (Å²) in [7, 11) is 0. The van der Waals surface area contributed by atoms with Gasteiger partial charge >= 0.3 is 0 Å². The Hall–Kier alpha value is -1.35. The second-order valence-electron chi connectivity index (χ2n) is 5.35. The number of thiocarbonyl (C=S) groups is 1. The van der Waals surface area contributed by atoms with E-state index in [1.165, 1.54) is 18.4 Å². The summed E-state index contributed by atoms with van der Waals surface area (Å²) < 4.78 is 0. The Balaban J connectivity index is 1.58. The predicted molar refractivity (Wildman–Crippen MR) is 79.7 cm³/mol. The highest BCUT2D eigenvalue weighted by atomic mass is 32.1. The Morgan fingerprint density at radius 3 is 2.83 bits per heavy atom. The van der Waals surface area contributed by atoms with Crippen LogP contribution in [0, 0.1) is 18.8 Å². The molecule has 2 aliphatic carbocycles. The van der Waals surface area contributed by atoms with Crippen molar-refractivity contribution in [2.24, 2.45) is 11.8 Å². The van der Waals surface area contributed by atoms with Crippen LogP contribution in [-0.2, 0) is 0 Å². The smallest absolute Gasteiger partial charge is 0.171 e. The van der Waals surface area contributed by atoms with Crippen molar-refractivity contribution in [3.05, 3.63) is 42.0 Å². The molecule has 0 aliphatic heterocycles. The summed E-state index contributed by atoms with van der Waals surface area (Å²) in [5.74, 6) is 1.45. The zero-order chi connectivity index (χ0) is 12.5. The maximum atomic E-state index is 5.39. The van der Waals surface area contributed by atoms with E-state index in [4.69, 9.17) is 12.2 Å². The van der Waals surface area contributed by atoms with Gasteiger partial charge in [0.25, 0.3) is 0 Å². The topological polar surface area (TPSA) is 24.1 Å². The molecule has 2 nitrogen and oxygen atoms in total. The minimum atomic E-state index is 0.518. The number of hydrogen-bond donors (Lipinski definition) is 2. The fraction of sp³-hybridized carbons (Fsp3) is 0.400. The Bertz CT molecular complexity index is 495. The minimum absolute atomic E-state index is 0.518. The van der Waals surface area contributed by atoms with Gasteiger partial charge in [0.1, 0.15) is 0 Å². The second-order valence-corrected chi connectivity index (χ2v) is 5.76. The highest BCUT2D eigenvalue weighted by Gasteiger charge is 2.35. The van der Waals surface area contributed by atoms with Crippen LogP contribution in [0.15, 0.2) is 36.4 Å². The average Bonchev–Trinajstić information content (AvgIpc) is 2.90. The van der Waals surface area contributed by atoms with E-state index >= 15 is 0 Å². The van der Waals surface area contributed by atoms with Gasteiger partial charge in [-0.25, -0.2) is 0 Å². The maximum absolute atomic E-state index is 5.39. The number of nitrogens with one attached hydrogen (secondary N) is 2. The molecule has 1 saturated carbocycles. The van der Waals surface area contributed by atoms with Gasteiger partial charge < -0.3 is 10.6 Å². The summed E-state index contributed by atoms with van der Waals surface area (Å²) in [6.07, 6.45) is 7.20. The quantitative estimate of drug-likeness (QED) is 0.629. The molecule has 0 heterocycles. The second kappa shape index (κ2) is 4.73. The van der Waals surface area contributed by atoms with Gasteiger partial charge in [-0.1, -0.05) is 24.3 Å². The minimum Gasteiger partial charge on any atom is -0.359 e. The van der Waals surface area contributed by atoms with E-state index in [2.05, 4.69) is 41.8 Å². The molecule has 0 aromatic heterocycles. The van der Waals surface area contributed by atoms with Crippen molar-refractivity contribution < 1.29 is 0 Å². The first-order valence-electron chi connectivity index (χ1n) is 6.53. The standard InChI is InChI=1S/C15H18N2S/c1-10-3-2-4-13(7-10)16-15(18)17-14-9-11-5-6-12(14)8-11/h2-7,11-12,14H,8-9H2,1H3,(H2,16,17,18)/t11-,12+,14-/m0/s1. The Morgan fingerprint density at radius 2 is 2.17 bits per heavy atom. The zero-order valence-corrected chi connectivity index (χ0v) is 11.3. The molecule has 94 valence electrons. The van der Waals surface area contributed by atoms with Gasteiger partial charge in [-0.2, -0.15) is 0 Å². The Kier molecular flexibility index (Phi) is 3.08. The summed E-state index contributed by atoms with van der Waals surface area (Å²) in [5.41, 5.74) is 2.30. The number of anilines is 1. The number of hydrogen-bond acceptors (Lipinski definition) is 1. The summed E-state index contributed by atoms with van der Waals surface area (Å²) >= 11 is 5.39. The van der Waals surface area contributed by atoms with Crippen LogP contribution in [-0.4, -0.2) is 11.2 Å². The van der Waals surface area contributed by atoms with Gasteiger partial charge in [0.15, 0.2) is 5.11 Å². The van der Waals surface area contributed by atoms with Crippen LogP contribution < -0.4 is 10.6 Å². The van der Waals surface area contributed by atoms with Crippen molar-refractivity contribution in [2.45, 2.75) is 25.8 Å². The molecular formula is C15H18N2S. The lowest BCUT2D eigenvalue weighted by molar-refractivity contribution is 0.526. The van der Waals surface area contributed by atoms with E-state index < -0.39 is 0 Å². The molecule has 3 atom stereocenters. The van der Waals surface area contributed by atoms with E-state index in [0.717, 1.165) is 16.7 Å². The molecule has 2 bridgehead atoms. The molecule has 2 N–H and O–H groups in total. The fourth-order valence-electron chi connectivity index (χ4n) is 3.01. The van der Waals surface area contributed by atoms with Crippen LogP contribution in [0.2, 0.25) is 0 Å². The highest BCUT2D eigenvalue weighted by molar-refractivity contribution is 7.80. The maximum Gasteiger partial charge on any atom is 0.171 e. The third kappa shape index (κ3) is 2.41. The van der Waals surface area contributed by atoms with Crippen molar-refractivity contribution in [1.29, 1.82) is 0 Å². The molecule has 2 aliphatic rings. The lowest BCUT2D eigenvalue weighted by atomic mass is 10.0. The zero-order valence-electron chi connectivity index (χ0n) is 10.5. The predicted octanol–water partition coefficient (Wildman–Crippen LogP) is 3.25. The van der Waals surface area contributed by atoms with E-state index in [9.17, 15) is 0 Å². The fourth-order valence-corrected chi connectivity index (χ4v) is 3.27. The van der Waals surface area contributed by atoms with Crippen molar-refractivity contribution >= 4 is 23.0 Å². The monoisotopic (exact) mass is 258 g/mol. The number of benzene rings is 1. The first-order chi connectivity index (χ1) is 8.70. The van der Waals surface area contributed by atoms with Crippen LogP contribution in [0.25, 0.3) is 0 Å². The summed E-state index contributed by atoms with van der Waals surface area (Å²) in [6, 6.07) is 8.80. The van der Waals surface area contributed by atoms with Crippen molar-refractivity contribution in [1.82, 2.24) is 5.32 Å². The summed E-state index contributed by atoms with van der Waals surface area (Å²) in [6.45, 7) is 2.09. The van der Waals surface area contributed by atoms with E-state index in [1.807, 2.05) is 12.1 Å². The highest BCUT2D eigenvalue weighted by Crippen LogP contribution is 2.38. The average molecular weight is 258 g/mol. The number of allylic oxidation sites excluding steroid dienone is 1. The van der Waals surface area contributed by atoms with Crippen LogP contribution in [0.3, 0.4) is 0 Å². The van der Waals surface area contributed by atoms with E-state index in [1.54, 1.807) is 0 Å². The molecule has 3 rings (SSSR count). The van der Waals surface area contributed by atoms with Gasteiger partial charge in [-0.05, 0) is 61.5 Å². The SMILES string of the molecule is Cc1cccc(NC(=S)N[C@H]2C[C@H]3C=C[C@@H]2C3)c1. The first-order valence-corrected chi connectivity index (χ1v) is 6.94. The van der Waals surface area contributed by atoms with Crippen molar-refractivity contribution in [2.75, 3.05) is 5.32 Å². The normalized spacial score (nSPS) is 28.4. The van der Waals surface area contributed by atoms with Crippen molar-refractivity contribution in [3.63, 3.8) is 0 Å². The van der Waals surface area contributed by atoms with Gasteiger partial charge in [0.05, 0.1) is 0 Å². The number of rotatable bonds is 2. The molecule has 3 heteroatoms. The van der Waals surface area contributed by atoms with Crippen LogP contribution in [0.1, 0.15) is 18.4 Å². The summed E-state index contributed by atoms with van der Waals surface area (Å²) in [5, 5.41) is 7.45. The van der Waals surface area contributed by atoms with Crippen LogP contribution >= 0.6 is 12.2 Å². The third-order valence-corrected chi connectivity index (χ3v) is 4.09. The van der Waals surface area contributed by atoms with Gasteiger partial charge in [0.2, 0.25) is 0 Å². The van der Waals surface area contributed by atoms with E-state index in [-0.39, 0.29) is 0 Å². The number of fused-ring (bicyclic) bond motifs is 2. The van der Waals surface area contributed by atoms with Crippen molar-refractivity contribution in [3.8, 4) is 0 Å². The largest absolute Gasteiger partial charge is 0.359 e. The molecule has 1 aromatic carbocycles. The summed E-state index contributed by atoms with van der Waals surface area (Å²) in [4.78, 5) is 0. The molecule has 0 amide bonds. The van der Waals surface area contributed by atoms with E-state index in [0.29, 0.717) is 12.0 Å². The molecule has 18 heavy (non-hydrogen) atoms. The lowest BCUT2D eigenvalue weighted by Gasteiger charge is -2.22. The van der Waals surface area contributed by atoms with Gasteiger partial charge in [0, 0.05) is 11.7 Å². The molecular weight excluding hydrogens is 240 g/mol. The third-order valence-electron chi connectivity index (χ3n) is 3.87. The molecule has 0 spiro atoms. The molecule has 0 unspecified atom stereocenters.